The number of likely N-dealkylation sites (tertiary alicyclic amines) is 1. The van der Waals surface area contributed by atoms with Gasteiger partial charge in [-0.15, -0.1) is 0 Å². The number of allylic oxidation sites excluding steroid dienone is 2. The van der Waals surface area contributed by atoms with Crippen molar-refractivity contribution in [3.8, 4) is 0 Å². The van der Waals surface area contributed by atoms with Gasteiger partial charge in [0.25, 0.3) is 5.92 Å². The molecule has 0 saturated carbocycles. The summed E-state index contributed by atoms with van der Waals surface area (Å²) < 4.78 is 58.6. The Hall–Kier alpha value is -2.80. The number of rotatable bonds is 6. The molecule has 1 aliphatic carbocycles. The van der Waals surface area contributed by atoms with E-state index in [1.165, 1.54) is 0 Å². The van der Waals surface area contributed by atoms with Gasteiger partial charge in [0.15, 0.2) is 10.9 Å². The predicted molar refractivity (Wildman–Crippen MR) is 157 cm³/mol. The average Bonchev–Trinajstić information content (AvgIpc) is 3.42. The lowest BCUT2D eigenvalue weighted by molar-refractivity contribution is -0.133. The van der Waals surface area contributed by atoms with Crippen molar-refractivity contribution in [2.24, 2.45) is 5.92 Å². The molecule has 7 rings (SSSR count). The van der Waals surface area contributed by atoms with E-state index in [-0.39, 0.29) is 56.5 Å². The second-order valence-electron chi connectivity index (χ2n) is 11.9. The fraction of sp³-hybridized carbons (Fsp3) is 0.483. The first-order valence-corrected chi connectivity index (χ1v) is 15.4. The van der Waals surface area contributed by atoms with Crippen LogP contribution in [0.4, 0.5) is 28.5 Å². The lowest BCUT2D eigenvalue weighted by Crippen LogP contribution is -2.57. The van der Waals surface area contributed by atoms with Crippen molar-refractivity contribution >= 4 is 56.2 Å². The standard InChI is InChI=1S/C29H30ClF4N7S/c1-14(9-40-12-29(33,34)13-40)7-21-37-24-18(27(38-21)41-10-15-5-6-16(11-41)36-15)8-19(30)22(23(24)32)17-3-2-4-20(31)26-25(17)39-28(35)42-26/h2-3,8,14-16,36H,4-7,9-13H2,1H3,(H2,35,39). The zero-order valence-electron chi connectivity index (χ0n) is 22.9. The van der Waals surface area contributed by atoms with Gasteiger partial charge in [0, 0.05) is 61.1 Å². The second kappa shape index (κ2) is 10.4. The highest BCUT2D eigenvalue weighted by atomic mass is 35.5. The van der Waals surface area contributed by atoms with Crippen molar-refractivity contribution < 1.29 is 17.6 Å². The first-order valence-electron chi connectivity index (χ1n) is 14.2. The third kappa shape index (κ3) is 5.06. The van der Waals surface area contributed by atoms with Crippen LogP contribution in [0.3, 0.4) is 0 Å². The number of halogens is 5. The maximum atomic E-state index is 16.7. The number of benzene rings is 1. The number of nitrogens with zero attached hydrogens (tertiary/aromatic N) is 5. The molecule has 222 valence electrons. The van der Waals surface area contributed by atoms with Crippen LogP contribution in [0.5, 0.6) is 0 Å². The Labute approximate surface area is 248 Å². The number of fused-ring (bicyclic) bond motifs is 4. The van der Waals surface area contributed by atoms with Crippen LogP contribution < -0.4 is 25.8 Å². The van der Waals surface area contributed by atoms with Crippen molar-refractivity contribution in [1.29, 1.82) is 0 Å². The summed E-state index contributed by atoms with van der Waals surface area (Å²) in [6.45, 7) is 3.36. The smallest absolute Gasteiger partial charge is 0.272 e. The first kappa shape index (κ1) is 28.0. The van der Waals surface area contributed by atoms with Crippen LogP contribution in [0, 0.1) is 11.7 Å². The van der Waals surface area contributed by atoms with E-state index in [2.05, 4.69) is 20.2 Å². The number of aromatic nitrogens is 3. The van der Waals surface area contributed by atoms with E-state index in [4.69, 9.17) is 22.3 Å². The van der Waals surface area contributed by atoms with E-state index in [0.717, 1.165) is 37.3 Å². The Morgan fingerprint density at radius 3 is 2.62 bits per heavy atom. The number of nitrogen functional groups attached to an aromatic ring is 1. The summed E-state index contributed by atoms with van der Waals surface area (Å²) in [6.07, 6.45) is 5.79. The minimum atomic E-state index is -2.64. The Bertz CT molecular complexity index is 1720. The quantitative estimate of drug-likeness (QED) is 0.407. The van der Waals surface area contributed by atoms with E-state index in [1.807, 2.05) is 6.92 Å². The minimum Gasteiger partial charge on any atom is -0.375 e. The summed E-state index contributed by atoms with van der Waals surface area (Å²) in [7, 11) is 0. The van der Waals surface area contributed by atoms with Gasteiger partial charge in [0.05, 0.1) is 28.0 Å². The predicted octanol–water partition coefficient (Wildman–Crippen LogP) is 3.77. The van der Waals surface area contributed by atoms with Crippen molar-refractivity contribution in [3.63, 3.8) is 0 Å². The molecule has 0 spiro atoms. The molecule has 42 heavy (non-hydrogen) atoms. The zero-order valence-corrected chi connectivity index (χ0v) is 24.5. The molecule has 3 saturated heterocycles. The summed E-state index contributed by atoms with van der Waals surface area (Å²) in [4.78, 5) is 17.8. The van der Waals surface area contributed by atoms with E-state index >= 15 is 4.39 Å². The van der Waals surface area contributed by atoms with E-state index in [9.17, 15) is 13.2 Å². The van der Waals surface area contributed by atoms with E-state index in [0.29, 0.717) is 47.7 Å². The molecule has 5 heterocycles. The van der Waals surface area contributed by atoms with Crippen molar-refractivity contribution in [2.45, 2.75) is 50.6 Å². The summed E-state index contributed by atoms with van der Waals surface area (Å²) >= 11 is 7.82. The van der Waals surface area contributed by atoms with Gasteiger partial charge in [0.1, 0.15) is 23.0 Å². The van der Waals surface area contributed by atoms with Gasteiger partial charge in [-0.05, 0) is 24.8 Å². The van der Waals surface area contributed by atoms with Crippen molar-refractivity contribution in [2.75, 3.05) is 43.4 Å². The molecule has 3 aliphatic heterocycles. The van der Waals surface area contributed by atoms with Gasteiger partial charge in [-0.25, -0.2) is 32.5 Å². The number of anilines is 2. The summed E-state index contributed by atoms with van der Waals surface area (Å²) in [6, 6.07) is 2.32. The van der Waals surface area contributed by atoms with Crippen molar-refractivity contribution in [1.82, 2.24) is 25.2 Å². The average molecular weight is 620 g/mol. The van der Waals surface area contributed by atoms with Crippen LogP contribution >= 0.6 is 22.9 Å². The van der Waals surface area contributed by atoms with Gasteiger partial charge in [-0.1, -0.05) is 42.0 Å². The molecule has 3 N–H and O–H groups in total. The summed E-state index contributed by atoms with van der Waals surface area (Å²) in [5.41, 5.74) is 6.45. The van der Waals surface area contributed by atoms with Crippen LogP contribution in [0.1, 0.15) is 37.6 Å². The summed E-state index contributed by atoms with van der Waals surface area (Å²) in [5.74, 6) is -2.65. The summed E-state index contributed by atoms with van der Waals surface area (Å²) in [5, 5.41) is 4.67. The molecule has 3 atom stereocenters. The fourth-order valence-electron chi connectivity index (χ4n) is 6.68. The number of hydrogen-bond donors (Lipinski definition) is 2. The molecule has 2 bridgehead atoms. The van der Waals surface area contributed by atoms with Gasteiger partial charge >= 0.3 is 0 Å². The lowest BCUT2D eigenvalue weighted by atomic mass is 10.0. The molecule has 0 radical (unpaired) electrons. The van der Waals surface area contributed by atoms with Gasteiger partial charge < -0.3 is 16.0 Å². The number of alkyl halides is 2. The number of nitrogens with one attached hydrogen (secondary N) is 1. The molecule has 2 aromatic heterocycles. The lowest BCUT2D eigenvalue weighted by Gasteiger charge is -2.40. The first-order chi connectivity index (χ1) is 20.0. The Morgan fingerprint density at radius 2 is 1.90 bits per heavy atom. The molecule has 0 amide bonds. The normalized spacial score (nSPS) is 24.2. The molecule has 7 nitrogen and oxygen atoms in total. The number of nitrogens with two attached hydrogens (primary N) is 1. The maximum Gasteiger partial charge on any atom is 0.272 e. The molecule has 13 heteroatoms. The highest BCUT2D eigenvalue weighted by Crippen LogP contribution is 2.37. The van der Waals surface area contributed by atoms with Crippen LogP contribution in [0.15, 0.2) is 18.2 Å². The fourth-order valence-corrected chi connectivity index (χ4v) is 7.77. The highest BCUT2D eigenvalue weighted by Gasteiger charge is 2.44. The largest absolute Gasteiger partial charge is 0.375 e. The highest BCUT2D eigenvalue weighted by molar-refractivity contribution is 7.13. The Balaban J connectivity index is 1.36. The molecular formula is C29H30ClF4N7S. The molecule has 3 unspecified atom stereocenters. The maximum absolute atomic E-state index is 16.7. The molecule has 4 aliphatic rings. The number of piperazine rings is 1. The van der Waals surface area contributed by atoms with Gasteiger partial charge in [-0.2, -0.15) is 0 Å². The minimum absolute atomic E-state index is 0.0290. The van der Waals surface area contributed by atoms with Crippen LogP contribution in [-0.2, 0) is 6.42 Å². The monoisotopic (exact) mass is 619 g/mol. The molecule has 1 aromatic carbocycles. The van der Waals surface area contributed by atoms with Crippen LogP contribution in [0.2, 0.25) is 5.02 Å². The second-order valence-corrected chi connectivity index (χ2v) is 13.4. The third-order valence-electron chi connectivity index (χ3n) is 8.43. The third-order valence-corrected chi connectivity index (χ3v) is 9.65. The van der Waals surface area contributed by atoms with Gasteiger partial charge in [0.2, 0.25) is 0 Å². The van der Waals surface area contributed by atoms with Crippen molar-refractivity contribution in [3.05, 3.63) is 50.3 Å². The number of hydrogen-bond acceptors (Lipinski definition) is 8. The SMILES string of the molecule is CC(Cc1nc(N2CC3CCC(C2)N3)c2cc(Cl)c(C3=c4nc(N)sc4=C(F)CC=C3)c(F)c2n1)CN1CC(F)(F)C1. The van der Waals surface area contributed by atoms with Gasteiger partial charge in [-0.3, -0.25) is 4.90 Å². The Kier molecular flexibility index (Phi) is 6.95. The van der Waals surface area contributed by atoms with E-state index in [1.54, 1.807) is 23.1 Å². The van der Waals surface area contributed by atoms with Crippen LogP contribution in [0.25, 0.3) is 22.3 Å². The topological polar surface area (TPSA) is 83.2 Å². The van der Waals surface area contributed by atoms with Crippen LogP contribution in [-0.4, -0.2) is 70.6 Å². The zero-order chi connectivity index (χ0) is 29.3. The molecule has 3 aromatic rings. The van der Waals surface area contributed by atoms with E-state index < -0.39 is 17.6 Å². The number of thiazole rings is 1. The Morgan fingerprint density at radius 1 is 1.17 bits per heavy atom. The molecule has 3 fully saturated rings. The molecular weight excluding hydrogens is 590 g/mol.